The number of amides is 1. The largest absolute Gasteiger partial charge is 0.345 e. The maximum Gasteiger partial charge on any atom is 0.251 e. The predicted molar refractivity (Wildman–Crippen MR) is 100.0 cm³/mol. The zero-order valence-electron chi connectivity index (χ0n) is 14.3. The summed E-state index contributed by atoms with van der Waals surface area (Å²) in [6, 6.07) is 16.4. The van der Waals surface area contributed by atoms with E-state index in [4.69, 9.17) is 0 Å². The number of benzene rings is 2. The van der Waals surface area contributed by atoms with Gasteiger partial charge in [0.05, 0.1) is 6.04 Å². The van der Waals surface area contributed by atoms with Gasteiger partial charge in [-0.1, -0.05) is 61.9 Å². The first-order chi connectivity index (χ1) is 11.8. The average molecular weight is 319 g/mol. The summed E-state index contributed by atoms with van der Waals surface area (Å²) in [6.45, 7) is 2.17. The Morgan fingerprint density at radius 3 is 2.75 bits per heavy atom. The quantitative estimate of drug-likeness (QED) is 0.795. The van der Waals surface area contributed by atoms with Crippen molar-refractivity contribution in [3.05, 3.63) is 76.9 Å². The smallest absolute Gasteiger partial charge is 0.251 e. The monoisotopic (exact) mass is 319 g/mol. The molecular weight excluding hydrogens is 294 g/mol. The summed E-state index contributed by atoms with van der Waals surface area (Å²) in [5, 5.41) is 3.21. The first-order valence-corrected chi connectivity index (χ1v) is 8.93. The topological polar surface area (TPSA) is 29.1 Å². The molecule has 1 amide bonds. The number of aryl methyl sites for hydroxylation is 1. The fourth-order valence-corrected chi connectivity index (χ4v) is 3.28. The molecular formula is C22H25NO. The normalized spacial score (nSPS) is 16.8. The second kappa shape index (κ2) is 7.96. The van der Waals surface area contributed by atoms with Crippen LogP contribution in [0.25, 0.3) is 6.08 Å². The Bertz CT molecular complexity index is 715. The summed E-state index contributed by atoms with van der Waals surface area (Å²) >= 11 is 0. The number of allylic oxidation sites excluding steroid dienone is 1. The fraction of sp³-hybridized carbons (Fsp3) is 0.318. The maximum absolute atomic E-state index is 12.6. The van der Waals surface area contributed by atoms with Gasteiger partial charge in [0.2, 0.25) is 0 Å². The van der Waals surface area contributed by atoms with Crippen molar-refractivity contribution in [3.63, 3.8) is 0 Å². The van der Waals surface area contributed by atoms with Crippen LogP contribution in [0, 0.1) is 0 Å². The van der Waals surface area contributed by atoms with E-state index in [9.17, 15) is 4.79 Å². The van der Waals surface area contributed by atoms with Crippen molar-refractivity contribution in [2.45, 2.75) is 45.1 Å². The fourth-order valence-electron chi connectivity index (χ4n) is 3.28. The summed E-state index contributed by atoms with van der Waals surface area (Å²) < 4.78 is 0. The van der Waals surface area contributed by atoms with Gasteiger partial charge in [-0.15, -0.1) is 0 Å². The maximum atomic E-state index is 12.6. The highest BCUT2D eigenvalue weighted by Crippen LogP contribution is 2.29. The summed E-state index contributed by atoms with van der Waals surface area (Å²) in [6.07, 6.45) is 9.78. The van der Waals surface area contributed by atoms with Crippen LogP contribution in [0.5, 0.6) is 0 Å². The third-order valence-electron chi connectivity index (χ3n) is 4.61. The van der Waals surface area contributed by atoms with E-state index in [1.54, 1.807) is 0 Å². The highest BCUT2D eigenvalue weighted by molar-refractivity contribution is 5.94. The summed E-state index contributed by atoms with van der Waals surface area (Å²) in [4.78, 5) is 12.6. The zero-order chi connectivity index (χ0) is 16.8. The second-order valence-corrected chi connectivity index (χ2v) is 6.43. The Morgan fingerprint density at radius 2 is 1.96 bits per heavy atom. The second-order valence-electron chi connectivity index (χ2n) is 6.43. The first kappa shape index (κ1) is 16.5. The Kier molecular flexibility index (Phi) is 5.47. The van der Waals surface area contributed by atoms with Crippen LogP contribution < -0.4 is 5.32 Å². The summed E-state index contributed by atoms with van der Waals surface area (Å²) in [5.41, 5.74) is 4.51. The molecule has 0 saturated heterocycles. The van der Waals surface area contributed by atoms with E-state index in [0.29, 0.717) is 0 Å². The zero-order valence-corrected chi connectivity index (χ0v) is 14.3. The molecule has 0 aromatic heterocycles. The Morgan fingerprint density at radius 1 is 1.17 bits per heavy atom. The molecule has 0 saturated carbocycles. The number of rotatable bonds is 5. The van der Waals surface area contributed by atoms with Crippen LogP contribution in [0.2, 0.25) is 0 Å². The van der Waals surface area contributed by atoms with Gasteiger partial charge < -0.3 is 5.32 Å². The highest BCUT2D eigenvalue weighted by atomic mass is 16.1. The van der Waals surface area contributed by atoms with Crippen molar-refractivity contribution in [2.24, 2.45) is 0 Å². The Balaban J connectivity index is 1.67. The van der Waals surface area contributed by atoms with E-state index in [1.165, 1.54) is 11.1 Å². The summed E-state index contributed by atoms with van der Waals surface area (Å²) in [7, 11) is 0. The van der Waals surface area contributed by atoms with Gasteiger partial charge in [-0.05, 0) is 54.5 Å². The highest BCUT2D eigenvalue weighted by Gasteiger charge is 2.21. The molecule has 124 valence electrons. The molecule has 1 N–H and O–H groups in total. The minimum atomic E-state index is 0.0146. The molecule has 24 heavy (non-hydrogen) atoms. The molecule has 1 unspecified atom stereocenters. The van der Waals surface area contributed by atoms with Gasteiger partial charge in [0.1, 0.15) is 0 Å². The third kappa shape index (κ3) is 3.94. The van der Waals surface area contributed by atoms with Gasteiger partial charge in [-0.3, -0.25) is 4.79 Å². The number of hydrogen-bond donors (Lipinski definition) is 1. The molecule has 0 spiro atoms. The van der Waals surface area contributed by atoms with Crippen LogP contribution in [-0.2, 0) is 6.42 Å². The molecule has 2 aromatic carbocycles. The number of carbonyl (C=O) groups excluding carboxylic acids is 1. The van der Waals surface area contributed by atoms with Crippen LogP contribution in [-0.4, -0.2) is 5.91 Å². The van der Waals surface area contributed by atoms with Crippen molar-refractivity contribution in [1.29, 1.82) is 0 Å². The molecule has 0 bridgehead atoms. The van der Waals surface area contributed by atoms with Crippen molar-refractivity contribution in [1.82, 2.24) is 5.32 Å². The lowest BCUT2D eigenvalue weighted by Gasteiger charge is -2.26. The van der Waals surface area contributed by atoms with Crippen LogP contribution in [0.3, 0.4) is 0 Å². The molecule has 3 rings (SSSR count). The summed E-state index contributed by atoms with van der Waals surface area (Å²) in [5.74, 6) is 0.0146. The predicted octanol–water partition coefficient (Wildman–Crippen LogP) is 5.31. The van der Waals surface area contributed by atoms with Crippen molar-refractivity contribution >= 4 is 12.0 Å². The lowest BCUT2D eigenvalue weighted by Crippen LogP contribution is -2.30. The first-order valence-electron chi connectivity index (χ1n) is 8.93. The molecule has 0 heterocycles. The molecule has 0 aliphatic heterocycles. The SMILES string of the molecule is CCCC=Cc1ccc(C(=O)NC2CCCc3ccccc32)cc1. The molecule has 1 aliphatic rings. The van der Waals surface area contributed by atoms with Gasteiger partial charge in [0.25, 0.3) is 5.91 Å². The van der Waals surface area contributed by atoms with Gasteiger partial charge in [0, 0.05) is 5.56 Å². The van der Waals surface area contributed by atoms with Gasteiger partial charge in [0.15, 0.2) is 0 Å². The van der Waals surface area contributed by atoms with Crippen LogP contribution >= 0.6 is 0 Å². The number of hydrogen-bond acceptors (Lipinski definition) is 1. The lowest BCUT2D eigenvalue weighted by molar-refractivity contribution is 0.0933. The molecule has 2 nitrogen and oxygen atoms in total. The van der Waals surface area contributed by atoms with E-state index in [0.717, 1.165) is 43.2 Å². The Labute approximate surface area is 144 Å². The van der Waals surface area contributed by atoms with Gasteiger partial charge in [-0.25, -0.2) is 0 Å². The standard InChI is InChI=1S/C22H25NO/c1-2-3-4-8-17-13-15-19(16-14-17)22(24)23-21-12-7-10-18-9-5-6-11-20(18)21/h4-6,8-9,11,13-16,21H,2-3,7,10,12H2,1H3,(H,23,24). The van der Waals surface area contributed by atoms with E-state index in [2.05, 4.69) is 48.7 Å². The van der Waals surface area contributed by atoms with Crippen LogP contribution in [0.1, 0.15) is 65.7 Å². The average Bonchev–Trinajstić information content (AvgIpc) is 2.63. The Hall–Kier alpha value is -2.35. The van der Waals surface area contributed by atoms with E-state index in [1.807, 2.05) is 24.3 Å². The van der Waals surface area contributed by atoms with Crippen molar-refractivity contribution < 1.29 is 4.79 Å². The minimum absolute atomic E-state index is 0.0146. The molecule has 0 fully saturated rings. The van der Waals surface area contributed by atoms with Crippen LogP contribution in [0.4, 0.5) is 0 Å². The number of unbranched alkanes of at least 4 members (excludes halogenated alkanes) is 1. The lowest BCUT2D eigenvalue weighted by atomic mass is 9.87. The number of nitrogens with one attached hydrogen (secondary N) is 1. The number of fused-ring (bicyclic) bond motifs is 1. The molecule has 1 aliphatic carbocycles. The van der Waals surface area contributed by atoms with E-state index in [-0.39, 0.29) is 11.9 Å². The molecule has 0 radical (unpaired) electrons. The van der Waals surface area contributed by atoms with Crippen molar-refractivity contribution in [3.8, 4) is 0 Å². The van der Waals surface area contributed by atoms with E-state index >= 15 is 0 Å². The van der Waals surface area contributed by atoms with Crippen LogP contribution in [0.15, 0.2) is 54.6 Å². The van der Waals surface area contributed by atoms with Gasteiger partial charge >= 0.3 is 0 Å². The number of carbonyl (C=O) groups is 1. The molecule has 1 atom stereocenters. The van der Waals surface area contributed by atoms with Gasteiger partial charge in [-0.2, -0.15) is 0 Å². The van der Waals surface area contributed by atoms with E-state index < -0.39 is 0 Å². The minimum Gasteiger partial charge on any atom is -0.345 e. The molecule has 2 heteroatoms. The van der Waals surface area contributed by atoms with Crippen molar-refractivity contribution in [2.75, 3.05) is 0 Å². The molecule has 2 aromatic rings. The third-order valence-corrected chi connectivity index (χ3v) is 4.61.